The molecule has 0 bridgehead atoms. The van der Waals surface area contributed by atoms with Gasteiger partial charge in [-0.2, -0.15) is 5.10 Å². The van der Waals surface area contributed by atoms with Gasteiger partial charge in [-0.3, -0.25) is 4.79 Å². The molecule has 3 aliphatic rings. The topological polar surface area (TPSA) is 85.2 Å². The molecule has 0 radical (unpaired) electrons. The second-order valence-corrected chi connectivity index (χ2v) is 10.1. The van der Waals surface area contributed by atoms with Gasteiger partial charge >= 0.3 is 6.03 Å². The number of benzene rings is 1. The molecule has 1 aromatic carbocycles. The third kappa shape index (κ3) is 4.92. The predicted octanol–water partition coefficient (Wildman–Crippen LogP) is 3.70. The quantitative estimate of drug-likeness (QED) is 0.656. The first-order valence-corrected chi connectivity index (χ1v) is 13.0. The maximum Gasteiger partial charge on any atom is 0.341 e. The maximum atomic E-state index is 13.4. The number of piperidine rings is 1. The van der Waals surface area contributed by atoms with Gasteiger partial charge in [0, 0.05) is 58.1 Å². The van der Waals surface area contributed by atoms with Gasteiger partial charge in [0.2, 0.25) is 5.95 Å². The summed E-state index contributed by atoms with van der Waals surface area (Å²) in [6.45, 7) is 9.96. The zero-order valence-corrected chi connectivity index (χ0v) is 21.5. The fourth-order valence-corrected chi connectivity index (χ4v) is 5.37. The molecule has 3 amide bonds. The standard InChI is InChI=1S/C27H35N7O2/c1-19-15-20(2)17-22(16-19)23-7-8-29-34(23)27(36)33-13-11-32(12-14-33)26-28-18-21(3)24(30-26)25(35)31-9-5-4-6-10-31/h8,15-18,23H,4-7,9-14H2,1-3H3. The van der Waals surface area contributed by atoms with E-state index in [0.717, 1.165) is 43.5 Å². The molecule has 1 unspecified atom stereocenters. The van der Waals surface area contributed by atoms with E-state index in [1.54, 1.807) is 11.2 Å². The van der Waals surface area contributed by atoms with Gasteiger partial charge in [0.25, 0.3) is 5.91 Å². The molecule has 0 N–H and O–H groups in total. The zero-order valence-electron chi connectivity index (χ0n) is 21.5. The molecule has 190 valence electrons. The Kier molecular flexibility index (Phi) is 6.89. The summed E-state index contributed by atoms with van der Waals surface area (Å²) in [7, 11) is 0. The summed E-state index contributed by atoms with van der Waals surface area (Å²) in [5, 5.41) is 6.05. The molecule has 36 heavy (non-hydrogen) atoms. The normalized spacial score (nSPS) is 20.2. The summed E-state index contributed by atoms with van der Waals surface area (Å²) in [6.07, 6.45) is 7.56. The average molecular weight is 490 g/mol. The fraction of sp³-hybridized carbons (Fsp3) is 0.519. The second kappa shape index (κ2) is 10.2. The highest BCUT2D eigenvalue weighted by Crippen LogP contribution is 2.31. The first-order chi connectivity index (χ1) is 17.4. The molecule has 1 atom stereocenters. The molecular formula is C27H35N7O2. The number of piperazine rings is 1. The van der Waals surface area contributed by atoms with Gasteiger partial charge in [-0.05, 0) is 51.2 Å². The molecule has 4 heterocycles. The Morgan fingerprint density at radius 3 is 2.25 bits per heavy atom. The van der Waals surface area contributed by atoms with Crippen molar-refractivity contribution in [3.63, 3.8) is 0 Å². The van der Waals surface area contributed by atoms with Crippen molar-refractivity contribution >= 4 is 24.1 Å². The van der Waals surface area contributed by atoms with Crippen LogP contribution in [0.2, 0.25) is 0 Å². The van der Waals surface area contributed by atoms with E-state index in [1.807, 2.05) is 22.9 Å². The van der Waals surface area contributed by atoms with Crippen LogP contribution in [0, 0.1) is 20.8 Å². The molecule has 0 spiro atoms. The third-order valence-electron chi connectivity index (χ3n) is 7.29. The van der Waals surface area contributed by atoms with Crippen molar-refractivity contribution in [3.05, 3.63) is 52.3 Å². The van der Waals surface area contributed by atoms with Crippen molar-refractivity contribution in [3.8, 4) is 0 Å². The van der Waals surface area contributed by atoms with E-state index in [-0.39, 0.29) is 18.0 Å². The molecule has 9 nitrogen and oxygen atoms in total. The monoisotopic (exact) mass is 489 g/mol. The first-order valence-electron chi connectivity index (χ1n) is 13.0. The number of rotatable bonds is 3. The molecule has 3 aliphatic heterocycles. The summed E-state index contributed by atoms with van der Waals surface area (Å²) in [6, 6.07) is 6.28. The van der Waals surface area contributed by atoms with Crippen molar-refractivity contribution in [2.75, 3.05) is 44.2 Å². The Bertz CT molecular complexity index is 1150. The summed E-state index contributed by atoms with van der Waals surface area (Å²) >= 11 is 0. The van der Waals surface area contributed by atoms with E-state index in [9.17, 15) is 9.59 Å². The minimum absolute atomic E-state index is 0.00557. The third-order valence-corrected chi connectivity index (χ3v) is 7.29. The van der Waals surface area contributed by atoms with Gasteiger partial charge in [0.05, 0.1) is 6.04 Å². The van der Waals surface area contributed by atoms with E-state index in [0.29, 0.717) is 37.8 Å². The number of aromatic nitrogens is 2. The molecule has 2 saturated heterocycles. The zero-order chi connectivity index (χ0) is 25.2. The number of likely N-dealkylation sites (tertiary alicyclic amines) is 1. The van der Waals surface area contributed by atoms with Crippen molar-refractivity contribution in [1.29, 1.82) is 0 Å². The van der Waals surface area contributed by atoms with E-state index in [2.05, 4.69) is 52.0 Å². The van der Waals surface area contributed by atoms with Crippen LogP contribution in [0.25, 0.3) is 0 Å². The number of carbonyl (C=O) groups is 2. The number of carbonyl (C=O) groups excluding carboxylic acids is 2. The molecule has 1 aromatic heterocycles. The van der Waals surface area contributed by atoms with E-state index in [1.165, 1.54) is 17.5 Å². The lowest BCUT2D eigenvalue weighted by Crippen LogP contribution is -2.52. The minimum Gasteiger partial charge on any atom is -0.337 e. The largest absolute Gasteiger partial charge is 0.341 e. The highest BCUT2D eigenvalue weighted by Gasteiger charge is 2.34. The van der Waals surface area contributed by atoms with Crippen molar-refractivity contribution in [2.24, 2.45) is 5.10 Å². The molecule has 2 fully saturated rings. The van der Waals surface area contributed by atoms with Crippen molar-refractivity contribution in [2.45, 2.75) is 52.5 Å². The van der Waals surface area contributed by atoms with Gasteiger partial charge < -0.3 is 14.7 Å². The summed E-state index contributed by atoms with van der Waals surface area (Å²) in [5.74, 6) is 0.550. The molecule has 9 heteroatoms. The lowest BCUT2D eigenvalue weighted by atomic mass is 10.00. The number of hydrogen-bond donors (Lipinski definition) is 0. The molecule has 2 aromatic rings. The van der Waals surface area contributed by atoms with Crippen molar-refractivity contribution in [1.82, 2.24) is 24.8 Å². The fourth-order valence-electron chi connectivity index (χ4n) is 5.37. The number of hydrazone groups is 1. The lowest BCUT2D eigenvalue weighted by molar-refractivity contribution is 0.0717. The molecule has 5 rings (SSSR count). The highest BCUT2D eigenvalue weighted by atomic mass is 16.2. The van der Waals surface area contributed by atoms with Gasteiger partial charge in [-0.25, -0.2) is 19.8 Å². The average Bonchev–Trinajstić information content (AvgIpc) is 3.38. The Labute approximate surface area is 212 Å². The van der Waals surface area contributed by atoms with Crippen molar-refractivity contribution < 1.29 is 9.59 Å². The second-order valence-electron chi connectivity index (χ2n) is 10.1. The van der Waals surface area contributed by atoms with Crippen LogP contribution >= 0.6 is 0 Å². The van der Waals surface area contributed by atoms with Gasteiger partial charge in [-0.15, -0.1) is 0 Å². The minimum atomic E-state index is -0.0714. The van der Waals surface area contributed by atoms with Gasteiger partial charge in [-0.1, -0.05) is 29.3 Å². The van der Waals surface area contributed by atoms with E-state index in [4.69, 9.17) is 0 Å². The Hall–Kier alpha value is -3.49. The van der Waals surface area contributed by atoms with Crippen LogP contribution < -0.4 is 4.90 Å². The van der Waals surface area contributed by atoms with Crippen LogP contribution in [0.15, 0.2) is 29.5 Å². The Morgan fingerprint density at radius 1 is 0.861 bits per heavy atom. The molecular weight excluding hydrogens is 454 g/mol. The SMILES string of the molecule is Cc1cc(C)cc(C2CC=NN2C(=O)N2CCN(c3ncc(C)c(C(=O)N4CCCCC4)n3)CC2)c1. The molecule has 0 saturated carbocycles. The van der Waals surface area contributed by atoms with Crippen LogP contribution in [-0.2, 0) is 0 Å². The first kappa shape index (κ1) is 24.2. The summed E-state index contributed by atoms with van der Waals surface area (Å²) < 4.78 is 0. The van der Waals surface area contributed by atoms with Crippen LogP contribution in [0.4, 0.5) is 10.7 Å². The van der Waals surface area contributed by atoms with E-state index < -0.39 is 0 Å². The van der Waals surface area contributed by atoms with Gasteiger partial charge in [0.15, 0.2) is 0 Å². The number of anilines is 1. The number of nitrogens with zero attached hydrogens (tertiary/aromatic N) is 7. The Morgan fingerprint density at radius 2 is 1.56 bits per heavy atom. The summed E-state index contributed by atoms with van der Waals surface area (Å²) in [4.78, 5) is 41.5. The summed E-state index contributed by atoms with van der Waals surface area (Å²) in [5.41, 5.74) is 4.79. The van der Waals surface area contributed by atoms with Crippen LogP contribution in [0.5, 0.6) is 0 Å². The highest BCUT2D eigenvalue weighted by molar-refractivity contribution is 5.94. The number of hydrogen-bond acceptors (Lipinski definition) is 6. The predicted molar refractivity (Wildman–Crippen MR) is 139 cm³/mol. The Balaban J connectivity index is 1.24. The smallest absolute Gasteiger partial charge is 0.337 e. The van der Waals surface area contributed by atoms with Gasteiger partial charge in [0.1, 0.15) is 5.69 Å². The number of aryl methyl sites for hydroxylation is 3. The number of urea groups is 1. The van der Waals surface area contributed by atoms with Crippen LogP contribution in [-0.4, -0.2) is 82.2 Å². The lowest BCUT2D eigenvalue weighted by Gasteiger charge is -2.37. The van der Waals surface area contributed by atoms with Crippen LogP contribution in [0.3, 0.4) is 0 Å². The van der Waals surface area contributed by atoms with Crippen LogP contribution in [0.1, 0.15) is 64.5 Å². The molecule has 0 aliphatic carbocycles. The maximum absolute atomic E-state index is 13.4. The van der Waals surface area contributed by atoms with E-state index >= 15 is 0 Å². The number of amides is 3.